The third-order valence-electron chi connectivity index (χ3n) is 3.54. The fourth-order valence-electron chi connectivity index (χ4n) is 2.32. The zero-order valence-electron chi connectivity index (χ0n) is 12.7. The molecule has 0 atom stereocenters. The van der Waals surface area contributed by atoms with Gasteiger partial charge in [-0.15, -0.1) is 0 Å². The van der Waals surface area contributed by atoms with Gasteiger partial charge in [-0.3, -0.25) is 14.2 Å². The van der Waals surface area contributed by atoms with E-state index < -0.39 is 17.6 Å². The monoisotopic (exact) mass is 347 g/mol. The number of para-hydroxylation sites is 1. The van der Waals surface area contributed by atoms with Gasteiger partial charge < -0.3 is 5.32 Å². The Kier molecular flexibility index (Phi) is 4.26. The number of benzene rings is 2. The van der Waals surface area contributed by atoms with E-state index >= 15 is 0 Å². The van der Waals surface area contributed by atoms with Crippen LogP contribution < -0.4 is 10.9 Å². The summed E-state index contributed by atoms with van der Waals surface area (Å²) in [6.45, 7) is -0.294. The van der Waals surface area contributed by atoms with Crippen molar-refractivity contribution in [1.29, 1.82) is 0 Å². The Bertz CT molecular complexity index is 979. The maximum atomic E-state index is 12.5. The highest BCUT2D eigenvalue weighted by molar-refractivity contribution is 5.90. The number of anilines is 1. The molecule has 0 bridgehead atoms. The first-order valence-electron chi connectivity index (χ1n) is 7.26. The topological polar surface area (TPSA) is 64.0 Å². The molecule has 0 aliphatic heterocycles. The number of nitrogens with one attached hydrogen (secondary N) is 1. The number of hydrogen-bond donors (Lipinski definition) is 1. The molecule has 25 heavy (non-hydrogen) atoms. The molecule has 128 valence electrons. The average molecular weight is 347 g/mol. The van der Waals surface area contributed by atoms with Gasteiger partial charge in [0.25, 0.3) is 5.56 Å². The number of alkyl halides is 3. The van der Waals surface area contributed by atoms with Crippen molar-refractivity contribution in [3.8, 4) is 0 Å². The molecule has 3 rings (SSSR count). The highest BCUT2D eigenvalue weighted by Gasteiger charge is 2.29. The van der Waals surface area contributed by atoms with Crippen LogP contribution in [0.2, 0.25) is 0 Å². The van der Waals surface area contributed by atoms with Crippen LogP contribution in [0.1, 0.15) is 5.56 Å². The lowest BCUT2D eigenvalue weighted by molar-refractivity contribution is -0.137. The Morgan fingerprint density at radius 3 is 2.44 bits per heavy atom. The molecule has 0 fully saturated rings. The number of rotatable bonds is 3. The molecule has 1 aromatic heterocycles. The SMILES string of the molecule is O=C(Cn1cnc2ccccc2c1=O)Nc1ccc(C(F)(F)F)cc1. The Hall–Kier alpha value is -3.16. The third-order valence-corrected chi connectivity index (χ3v) is 3.54. The number of hydrogen-bond acceptors (Lipinski definition) is 3. The highest BCUT2D eigenvalue weighted by Crippen LogP contribution is 2.29. The van der Waals surface area contributed by atoms with Crippen molar-refractivity contribution in [2.45, 2.75) is 12.7 Å². The number of nitrogens with zero attached hydrogens (tertiary/aromatic N) is 2. The van der Waals surface area contributed by atoms with E-state index in [1.165, 1.54) is 6.33 Å². The zero-order valence-corrected chi connectivity index (χ0v) is 12.7. The second-order valence-corrected chi connectivity index (χ2v) is 5.32. The molecule has 1 heterocycles. The molecule has 0 saturated carbocycles. The number of fused-ring (bicyclic) bond motifs is 1. The molecule has 1 amide bonds. The van der Waals surface area contributed by atoms with Gasteiger partial charge in [0.1, 0.15) is 6.54 Å². The summed E-state index contributed by atoms with van der Waals surface area (Å²) in [6.07, 6.45) is -3.18. The van der Waals surface area contributed by atoms with Crippen molar-refractivity contribution in [3.63, 3.8) is 0 Å². The fraction of sp³-hybridized carbons (Fsp3) is 0.118. The van der Waals surface area contributed by atoms with Crippen LogP contribution in [0.15, 0.2) is 59.7 Å². The van der Waals surface area contributed by atoms with E-state index in [0.29, 0.717) is 10.9 Å². The fourth-order valence-corrected chi connectivity index (χ4v) is 2.32. The van der Waals surface area contributed by atoms with E-state index in [1.54, 1.807) is 24.3 Å². The molecule has 0 spiro atoms. The maximum absolute atomic E-state index is 12.5. The molecule has 0 aliphatic carbocycles. The summed E-state index contributed by atoms with van der Waals surface area (Å²) in [5, 5.41) is 2.83. The number of amides is 1. The normalized spacial score (nSPS) is 11.5. The van der Waals surface area contributed by atoms with Gasteiger partial charge in [-0.1, -0.05) is 12.1 Å². The molecule has 3 aromatic rings. The van der Waals surface area contributed by atoms with Crippen molar-refractivity contribution in [2.24, 2.45) is 0 Å². The third kappa shape index (κ3) is 3.68. The standard InChI is InChI=1S/C17H12F3N3O2/c18-17(19,20)11-5-7-12(8-6-11)22-15(24)9-23-10-21-14-4-2-1-3-13(14)16(23)25/h1-8,10H,9H2,(H,22,24). The Morgan fingerprint density at radius 2 is 1.76 bits per heavy atom. The van der Waals surface area contributed by atoms with E-state index in [-0.39, 0.29) is 17.8 Å². The van der Waals surface area contributed by atoms with E-state index in [0.717, 1.165) is 28.8 Å². The summed E-state index contributed by atoms with van der Waals surface area (Å²) in [5.41, 5.74) is -0.444. The average Bonchev–Trinajstić information content (AvgIpc) is 2.57. The summed E-state index contributed by atoms with van der Waals surface area (Å²) in [6, 6.07) is 10.8. The predicted molar refractivity (Wildman–Crippen MR) is 86.1 cm³/mol. The van der Waals surface area contributed by atoms with Gasteiger partial charge in [-0.25, -0.2) is 4.98 Å². The quantitative estimate of drug-likeness (QED) is 0.792. The molecule has 0 aliphatic rings. The van der Waals surface area contributed by atoms with E-state index in [2.05, 4.69) is 10.3 Å². The molecule has 1 N–H and O–H groups in total. The zero-order chi connectivity index (χ0) is 18.0. The Labute approximate surface area is 139 Å². The number of aromatic nitrogens is 2. The van der Waals surface area contributed by atoms with E-state index in [4.69, 9.17) is 0 Å². The second kappa shape index (κ2) is 6.39. The minimum absolute atomic E-state index is 0.208. The van der Waals surface area contributed by atoms with Crippen molar-refractivity contribution in [1.82, 2.24) is 9.55 Å². The van der Waals surface area contributed by atoms with Crippen LogP contribution in [0.5, 0.6) is 0 Å². The lowest BCUT2D eigenvalue weighted by Crippen LogP contribution is -2.27. The van der Waals surface area contributed by atoms with Gasteiger partial charge >= 0.3 is 6.18 Å². The summed E-state index contributed by atoms with van der Waals surface area (Å²) < 4.78 is 38.7. The van der Waals surface area contributed by atoms with Gasteiger partial charge in [0.15, 0.2) is 0 Å². The van der Waals surface area contributed by atoms with Crippen molar-refractivity contribution < 1.29 is 18.0 Å². The van der Waals surface area contributed by atoms with Crippen LogP contribution in [0.25, 0.3) is 10.9 Å². The molecular formula is C17H12F3N3O2. The molecule has 2 aromatic carbocycles. The van der Waals surface area contributed by atoms with Crippen LogP contribution in [0.4, 0.5) is 18.9 Å². The maximum Gasteiger partial charge on any atom is 0.416 e. The van der Waals surface area contributed by atoms with Crippen molar-refractivity contribution in [3.05, 3.63) is 70.8 Å². The van der Waals surface area contributed by atoms with Crippen LogP contribution in [0, 0.1) is 0 Å². The first kappa shape index (κ1) is 16.7. The van der Waals surface area contributed by atoms with Crippen LogP contribution in [-0.2, 0) is 17.5 Å². The molecule has 8 heteroatoms. The van der Waals surface area contributed by atoms with Crippen molar-refractivity contribution in [2.75, 3.05) is 5.32 Å². The number of halogens is 3. The smallest absolute Gasteiger partial charge is 0.325 e. The van der Waals surface area contributed by atoms with Gasteiger partial charge in [0.2, 0.25) is 5.91 Å². The van der Waals surface area contributed by atoms with Gasteiger partial charge in [0.05, 0.1) is 22.8 Å². The largest absolute Gasteiger partial charge is 0.416 e. The number of carbonyl (C=O) groups excluding carboxylic acids is 1. The van der Waals surface area contributed by atoms with Crippen LogP contribution in [-0.4, -0.2) is 15.5 Å². The molecule has 5 nitrogen and oxygen atoms in total. The Balaban J connectivity index is 1.75. The minimum Gasteiger partial charge on any atom is -0.325 e. The predicted octanol–water partition coefficient (Wildman–Crippen LogP) is 3.05. The summed E-state index contributed by atoms with van der Waals surface area (Å²) in [7, 11) is 0. The summed E-state index contributed by atoms with van der Waals surface area (Å²) in [5.74, 6) is -0.543. The summed E-state index contributed by atoms with van der Waals surface area (Å²) >= 11 is 0. The van der Waals surface area contributed by atoms with E-state index in [1.807, 2.05) is 0 Å². The highest BCUT2D eigenvalue weighted by atomic mass is 19.4. The molecule has 0 radical (unpaired) electrons. The minimum atomic E-state index is -4.44. The second-order valence-electron chi connectivity index (χ2n) is 5.32. The molecule has 0 unspecified atom stereocenters. The van der Waals surface area contributed by atoms with E-state index in [9.17, 15) is 22.8 Å². The Morgan fingerprint density at radius 1 is 1.08 bits per heavy atom. The summed E-state index contributed by atoms with van der Waals surface area (Å²) in [4.78, 5) is 28.4. The number of carbonyl (C=O) groups is 1. The van der Waals surface area contributed by atoms with Crippen molar-refractivity contribution >= 4 is 22.5 Å². The van der Waals surface area contributed by atoms with Crippen LogP contribution >= 0.6 is 0 Å². The molecular weight excluding hydrogens is 335 g/mol. The first-order valence-corrected chi connectivity index (χ1v) is 7.26. The lowest BCUT2D eigenvalue weighted by Gasteiger charge is -2.10. The lowest BCUT2D eigenvalue weighted by atomic mass is 10.2. The van der Waals surface area contributed by atoms with Crippen LogP contribution in [0.3, 0.4) is 0 Å². The first-order chi connectivity index (χ1) is 11.8. The van der Waals surface area contributed by atoms with Gasteiger partial charge in [-0.2, -0.15) is 13.2 Å². The van der Waals surface area contributed by atoms with Gasteiger partial charge in [0, 0.05) is 5.69 Å². The molecule has 0 saturated heterocycles. The van der Waals surface area contributed by atoms with Gasteiger partial charge in [-0.05, 0) is 36.4 Å².